The van der Waals surface area contributed by atoms with Gasteiger partial charge in [-0.3, -0.25) is 9.48 Å². The highest BCUT2D eigenvalue weighted by molar-refractivity contribution is 6.31. The van der Waals surface area contributed by atoms with Crippen molar-refractivity contribution >= 4 is 28.4 Å². The Morgan fingerprint density at radius 2 is 1.91 bits per heavy atom. The minimum absolute atomic E-state index is 0.0186. The van der Waals surface area contributed by atoms with Crippen molar-refractivity contribution in [1.82, 2.24) is 20.1 Å². The molecular weight excluding hydrogens is 585 g/mol. The quantitative estimate of drug-likeness (QED) is 0.205. The summed E-state index contributed by atoms with van der Waals surface area (Å²) in [6, 6.07) is 5.25. The molecule has 0 unspecified atom stereocenters. The lowest BCUT2D eigenvalue weighted by Crippen LogP contribution is -2.44. The zero-order chi connectivity index (χ0) is 30.6. The zero-order valence-electron chi connectivity index (χ0n) is 23.8. The van der Waals surface area contributed by atoms with E-state index in [0.29, 0.717) is 36.2 Å². The van der Waals surface area contributed by atoms with Gasteiger partial charge in [0, 0.05) is 34.3 Å². The van der Waals surface area contributed by atoms with Crippen LogP contribution in [0.15, 0.2) is 30.5 Å². The second kappa shape index (κ2) is 11.0. The first-order valence-electron chi connectivity index (χ1n) is 14.1. The van der Waals surface area contributed by atoms with Gasteiger partial charge in [0.1, 0.15) is 39.9 Å². The van der Waals surface area contributed by atoms with E-state index in [4.69, 9.17) is 21.1 Å². The molecule has 43 heavy (non-hydrogen) atoms. The first-order valence-corrected chi connectivity index (χ1v) is 14.5. The first-order chi connectivity index (χ1) is 20.5. The van der Waals surface area contributed by atoms with Crippen LogP contribution in [0.5, 0.6) is 11.5 Å². The fraction of sp³-hybridized carbons (Fsp3) is 0.387. The highest BCUT2D eigenvalue weighted by Gasteiger charge is 2.49. The van der Waals surface area contributed by atoms with Gasteiger partial charge in [0.2, 0.25) is 0 Å². The van der Waals surface area contributed by atoms with Gasteiger partial charge in [0.15, 0.2) is 11.6 Å². The smallest absolute Gasteiger partial charge is 0.251 e. The average molecular weight is 615 g/mol. The summed E-state index contributed by atoms with van der Waals surface area (Å²) in [5.74, 6) is -3.36. The minimum atomic E-state index is -1.94. The predicted molar refractivity (Wildman–Crippen MR) is 154 cm³/mol. The predicted octanol–water partition coefficient (Wildman–Crippen LogP) is 6.25. The Morgan fingerprint density at radius 1 is 1.16 bits per heavy atom. The second-order valence-electron chi connectivity index (χ2n) is 11.1. The van der Waals surface area contributed by atoms with Crippen molar-refractivity contribution in [1.29, 1.82) is 0 Å². The summed E-state index contributed by atoms with van der Waals surface area (Å²) in [5, 5.41) is 19.7. The lowest BCUT2D eigenvalue weighted by atomic mass is 9.90. The van der Waals surface area contributed by atoms with Crippen LogP contribution in [-0.4, -0.2) is 46.0 Å². The van der Waals surface area contributed by atoms with Crippen molar-refractivity contribution in [2.75, 3.05) is 20.3 Å². The van der Waals surface area contributed by atoms with Crippen LogP contribution in [0.1, 0.15) is 60.3 Å². The number of pyridine rings is 1. The third-order valence-electron chi connectivity index (χ3n) is 8.05. The van der Waals surface area contributed by atoms with Crippen LogP contribution in [0.25, 0.3) is 22.2 Å². The number of aromatic nitrogens is 3. The molecule has 226 valence electrons. The van der Waals surface area contributed by atoms with Crippen LogP contribution in [0, 0.1) is 30.3 Å². The van der Waals surface area contributed by atoms with E-state index in [2.05, 4.69) is 15.4 Å². The lowest BCUT2D eigenvalue weighted by Gasteiger charge is -2.30. The number of fused-ring (bicyclic) bond motifs is 1. The van der Waals surface area contributed by atoms with Gasteiger partial charge in [0.25, 0.3) is 5.91 Å². The number of carbonyl (C=O) groups is 1. The summed E-state index contributed by atoms with van der Waals surface area (Å²) >= 11 is 5.95. The number of amides is 1. The zero-order valence-corrected chi connectivity index (χ0v) is 24.6. The van der Waals surface area contributed by atoms with Gasteiger partial charge < -0.3 is 19.9 Å². The van der Waals surface area contributed by atoms with Crippen molar-refractivity contribution in [3.63, 3.8) is 0 Å². The number of rotatable bonds is 10. The molecule has 2 aromatic heterocycles. The summed E-state index contributed by atoms with van der Waals surface area (Å²) in [7, 11) is 1.50. The Labute approximate surface area is 250 Å². The van der Waals surface area contributed by atoms with Crippen molar-refractivity contribution in [2.24, 2.45) is 5.92 Å². The Morgan fingerprint density at radius 3 is 2.56 bits per heavy atom. The molecule has 4 aromatic rings. The van der Waals surface area contributed by atoms with Gasteiger partial charge in [-0.05, 0) is 63.6 Å². The number of nitrogens with one attached hydrogen (secondary N) is 1. The minimum Gasteiger partial charge on any atom is -0.494 e. The topological polar surface area (TPSA) is 98.5 Å². The fourth-order valence-corrected chi connectivity index (χ4v) is 5.56. The van der Waals surface area contributed by atoms with Gasteiger partial charge >= 0.3 is 0 Å². The first kappa shape index (κ1) is 29.3. The largest absolute Gasteiger partial charge is 0.494 e. The molecule has 6 rings (SSSR count). The van der Waals surface area contributed by atoms with Crippen molar-refractivity contribution in [2.45, 2.75) is 51.2 Å². The maximum absolute atomic E-state index is 16.0. The number of hydrogen-bond acceptors (Lipinski definition) is 6. The van der Waals surface area contributed by atoms with Gasteiger partial charge in [-0.15, -0.1) is 0 Å². The number of carbonyl (C=O) groups excluding carboxylic acids is 1. The van der Waals surface area contributed by atoms with Crippen LogP contribution in [-0.2, 0) is 5.60 Å². The molecule has 1 atom stereocenters. The molecule has 2 heterocycles. The highest BCUT2D eigenvalue weighted by atomic mass is 35.5. The molecule has 2 aliphatic rings. The van der Waals surface area contributed by atoms with E-state index in [9.17, 15) is 14.3 Å². The van der Waals surface area contributed by atoms with E-state index in [-0.39, 0.29) is 52.0 Å². The fourth-order valence-electron chi connectivity index (χ4n) is 5.39. The molecule has 0 radical (unpaired) electrons. The SMILES string of the molecule is CCOc1c(-c2cc(Cl)c(F)cc2F)nc([C@@](O)(CNC(=O)c2cc(OC)c3nn(C4CC4)cc3c2)C2CC2)c(F)c1C. The van der Waals surface area contributed by atoms with Gasteiger partial charge in [-0.1, -0.05) is 11.6 Å². The summed E-state index contributed by atoms with van der Waals surface area (Å²) in [6.45, 7) is 2.83. The van der Waals surface area contributed by atoms with Crippen LogP contribution >= 0.6 is 11.6 Å². The van der Waals surface area contributed by atoms with E-state index in [0.717, 1.165) is 24.3 Å². The van der Waals surface area contributed by atoms with Crippen LogP contribution in [0.4, 0.5) is 13.2 Å². The number of hydrogen-bond donors (Lipinski definition) is 2. The summed E-state index contributed by atoms with van der Waals surface area (Å²) in [4.78, 5) is 17.8. The Kier molecular flexibility index (Phi) is 7.50. The molecule has 2 fully saturated rings. The molecule has 12 heteroatoms. The molecule has 0 bridgehead atoms. The van der Waals surface area contributed by atoms with Gasteiger partial charge in [-0.2, -0.15) is 5.10 Å². The third-order valence-corrected chi connectivity index (χ3v) is 8.34. The molecule has 2 saturated carbocycles. The molecular formula is C31H30ClF3N4O4. The number of ether oxygens (including phenoxy) is 2. The summed E-state index contributed by atoms with van der Waals surface area (Å²) in [6.07, 6.45) is 5.08. The molecule has 0 spiro atoms. The van der Waals surface area contributed by atoms with Crippen LogP contribution < -0.4 is 14.8 Å². The maximum atomic E-state index is 16.0. The molecule has 2 aromatic carbocycles. The maximum Gasteiger partial charge on any atom is 0.251 e. The number of methoxy groups -OCH3 is 1. The Hall–Kier alpha value is -3.83. The normalized spacial score (nSPS) is 16.3. The third kappa shape index (κ3) is 5.29. The highest BCUT2D eigenvalue weighted by Crippen LogP contribution is 2.48. The number of nitrogens with zero attached hydrogens (tertiary/aromatic N) is 3. The Balaban J connectivity index is 1.37. The molecule has 0 saturated heterocycles. The van der Waals surface area contributed by atoms with Crippen LogP contribution in [0.3, 0.4) is 0 Å². The van der Waals surface area contributed by atoms with Crippen molar-refractivity contribution in [3.8, 4) is 22.8 Å². The molecule has 0 aliphatic heterocycles. The number of aliphatic hydroxyl groups is 1. The molecule has 2 aliphatic carbocycles. The second-order valence-corrected chi connectivity index (χ2v) is 11.5. The monoisotopic (exact) mass is 614 g/mol. The van der Waals surface area contributed by atoms with E-state index in [1.807, 2.05) is 10.9 Å². The Bertz CT molecular complexity index is 1760. The van der Waals surface area contributed by atoms with Crippen LogP contribution in [0.2, 0.25) is 5.02 Å². The van der Waals surface area contributed by atoms with Gasteiger partial charge in [0.05, 0.1) is 31.3 Å². The lowest BCUT2D eigenvalue weighted by molar-refractivity contribution is 0.00590. The van der Waals surface area contributed by atoms with E-state index >= 15 is 8.78 Å². The molecule has 2 N–H and O–H groups in total. The summed E-state index contributed by atoms with van der Waals surface area (Å²) in [5.41, 5.74) is -1.76. The standard InChI is InChI=1S/C31H30ClF3N4O4/c1-4-43-28-15(2)25(35)29(37-27(28)20-11-21(32)23(34)12-22(20)33)31(41,18-5-6-18)14-36-30(40)16-9-17-13-39(19-7-8-19)38-26(17)24(10-16)42-3/h9-13,18-19,41H,4-8,14H2,1-3H3,(H,36,40)/t31-/m1/s1. The van der Waals surface area contributed by atoms with E-state index < -0.39 is 34.9 Å². The number of benzene rings is 2. The van der Waals surface area contributed by atoms with Crippen molar-refractivity contribution in [3.05, 3.63) is 69.8 Å². The molecule has 1 amide bonds. The average Bonchev–Trinajstić information content (AvgIpc) is 3.93. The van der Waals surface area contributed by atoms with Gasteiger partial charge in [-0.25, -0.2) is 18.2 Å². The summed E-state index contributed by atoms with van der Waals surface area (Å²) < 4.78 is 57.9. The van der Waals surface area contributed by atoms with E-state index in [1.54, 1.807) is 19.1 Å². The van der Waals surface area contributed by atoms with E-state index in [1.165, 1.54) is 14.0 Å². The number of halogens is 4. The van der Waals surface area contributed by atoms with Crippen molar-refractivity contribution < 1.29 is 32.5 Å². The molecule has 8 nitrogen and oxygen atoms in total.